The average Bonchev–Trinajstić information content (AvgIpc) is 3.07. The Kier molecular flexibility index (Phi) is 4.95. The van der Waals surface area contributed by atoms with Crippen molar-refractivity contribution in [3.8, 4) is 17.1 Å². The van der Waals surface area contributed by atoms with E-state index >= 15 is 0 Å². The molecule has 0 radical (unpaired) electrons. The van der Waals surface area contributed by atoms with Crippen LogP contribution in [0.3, 0.4) is 0 Å². The zero-order chi connectivity index (χ0) is 19.7. The van der Waals surface area contributed by atoms with Gasteiger partial charge in [0.2, 0.25) is 0 Å². The zero-order valence-corrected chi connectivity index (χ0v) is 16.5. The Morgan fingerprint density at radius 1 is 1.36 bits per heavy atom. The fraction of sp³-hybridized carbons (Fsp3) is 0.429. The SMILES string of the molecule is CC(C)Oc1ccn2c(-c3cccc(N[C@]4(C)CNCC[C@@H]4O)n3)cnc2c1. The van der Waals surface area contributed by atoms with Gasteiger partial charge in [-0.05, 0) is 51.9 Å². The van der Waals surface area contributed by atoms with Crippen LogP contribution in [0, 0.1) is 0 Å². The number of piperidine rings is 1. The first-order valence-corrected chi connectivity index (χ1v) is 9.73. The Balaban J connectivity index is 1.62. The Hall–Kier alpha value is -2.64. The van der Waals surface area contributed by atoms with Crippen LogP contribution in [0.15, 0.2) is 42.7 Å². The lowest BCUT2D eigenvalue weighted by Gasteiger charge is -2.40. The second-order valence-electron chi connectivity index (χ2n) is 7.83. The van der Waals surface area contributed by atoms with Gasteiger partial charge in [-0.15, -0.1) is 0 Å². The number of anilines is 1. The molecule has 7 heteroatoms. The highest BCUT2D eigenvalue weighted by Crippen LogP contribution is 2.26. The van der Waals surface area contributed by atoms with Crippen LogP contribution in [-0.2, 0) is 0 Å². The smallest absolute Gasteiger partial charge is 0.140 e. The van der Waals surface area contributed by atoms with Crippen molar-refractivity contribution in [2.75, 3.05) is 18.4 Å². The number of imidazole rings is 1. The van der Waals surface area contributed by atoms with Crippen molar-refractivity contribution in [3.63, 3.8) is 0 Å². The highest BCUT2D eigenvalue weighted by atomic mass is 16.5. The van der Waals surface area contributed by atoms with Crippen molar-refractivity contribution in [1.29, 1.82) is 0 Å². The number of hydrogen-bond acceptors (Lipinski definition) is 6. The number of fused-ring (bicyclic) bond motifs is 1. The van der Waals surface area contributed by atoms with Crippen molar-refractivity contribution in [2.45, 2.75) is 44.9 Å². The molecular weight excluding hydrogens is 354 g/mol. The number of pyridine rings is 2. The first kappa shape index (κ1) is 18.7. The summed E-state index contributed by atoms with van der Waals surface area (Å²) in [5.74, 6) is 1.53. The zero-order valence-electron chi connectivity index (χ0n) is 16.5. The largest absolute Gasteiger partial charge is 0.491 e. The molecular formula is C21H27N5O2. The predicted molar refractivity (Wildman–Crippen MR) is 110 cm³/mol. The van der Waals surface area contributed by atoms with Crippen molar-refractivity contribution >= 4 is 11.5 Å². The molecule has 0 bridgehead atoms. The van der Waals surface area contributed by atoms with Gasteiger partial charge in [-0.1, -0.05) is 6.07 Å². The topological polar surface area (TPSA) is 83.7 Å². The molecule has 148 valence electrons. The Morgan fingerprint density at radius 3 is 3.00 bits per heavy atom. The first-order chi connectivity index (χ1) is 13.4. The standard InChI is InChI=1S/C21H27N5O2/c1-14(2)28-15-8-10-26-17(12-23-20(26)11-15)16-5-4-6-19(24-16)25-21(3)13-22-9-7-18(21)27/h4-6,8,10-12,14,18,22,27H,7,9,13H2,1-3H3,(H,24,25)/t18-,21+/m0/s1. The second-order valence-corrected chi connectivity index (χ2v) is 7.83. The van der Waals surface area contributed by atoms with E-state index in [4.69, 9.17) is 9.72 Å². The molecule has 3 aromatic rings. The Morgan fingerprint density at radius 2 is 2.21 bits per heavy atom. The number of nitrogens with one attached hydrogen (secondary N) is 2. The molecule has 0 saturated carbocycles. The molecule has 7 nitrogen and oxygen atoms in total. The highest BCUT2D eigenvalue weighted by molar-refractivity contribution is 5.63. The summed E-state index contributed by atoms with van der Waals surface area (Å²) in [5.41, 5.74) is 2.08. The van der Waals surface area contributed by atoms with Gasteiger partial charge < -0.3 is 20.5 Å². The van der Waals surface area contributed by atoms with E-state index in [2.05, 4.69) is 15.6 Å². The van der Waals surface area contributed by atoms with Gasteiger partial charge in [0.05, 0.1) is 35.3 Å². The quantitative estimate of drug-likeness (QED) is 0.630. The lowest BCUT2D eigenvalue weighted by Crippen LogP contribution is -2.58. The molecule has 28 heavy (non-hydrogen) atoms. The van der Waals surface area contributed by atoms with Crippen molar-refractivity contribution in [2.24, 2.45) is 0 Å². The number of rotatable bonds is 5. The minimum absolute atomic E-state index is 0.118. The summed E-state index contributed by atoms with van der Waals surface area (Å²) in [6, 6.07) is 9.72. The van der Waals surface area contributed by atoms with E-state index in [-0.39, 0.29) is 6.10 Å². The number of aliphatic hydroxyl groups excluding tert-OH is 1. The van der Waals surface area contributed by atoms with E-state index < -0.39 is 11.6 Å². The van der Waals surface area contributed by atoms with Crippen molar-refractivity contribution in [3.05, 3.63) is 42.7 Å². The van der Waals surface area contributed by atoms with Gasteiger partial charge in [0.15, 0.2) is 0 Å². The van der Waals surface area contributed by atoms with Crippen LogP contribution in [0.25, 0.3) is 17.0 Å². The third-order valence-electron chi connectivity index (χ3n) is 5.10. The molecule has 4 rings (SSSR count). The van der Waals surface area contributed by atoms with E-state index in [1.165, 1.54) is 0 Å². The van der Waals surface area contributed by atoms with Crippen LogP contribution >= 0.6 is 0 Å². The number of ether oxygens (including phenoxy) is 1. The maximum atomic E-state index is 10.4. The van der Waals surface area contributed by atoms with Gasteiger partial charge in [0.1, 0.15) is 17.2 Å². The van der Waals surface area contributed by atoms with Gasteiger partial charge in [-0.2, -0.15) is 0 Å². The molecule has 3 aromatic heterocycles. The highest BCUT2D eigenvalue weighted by Gasteiger charge is 2.35. The van der Waals surface area contributed by atoms with Gasteiger partial charge in [0.25, 0.3) is 0 Å². The summed E-state index contributed by atoms with van der Waals surface area (Å²) in [5, 5.41) is 17.2. The molecule has 0 unspecified atom stereocenters. The van der Waals surface area contributed by atoms with Gasteiger partial charge in [0, 0.05) is 18.8 Å². The number of hydrogen-bond donors (Lipinski definition) is 3. The molecule has 0 aromatic carbocycles. The summed E-state index contributed by atoms with van der Waals surface area (Å²) in [7, 11) is 0. The summed E-state index contributed by atoms with van der Waals surface area (Å²) in [6.07, 6.45) is 4.19. The maximum absolute atomic E-state index is 10.4. The lowest BCUT2D eigenvalue weighted by atomic mass is 9.89. The van der Waals surface area contributed by atoms with Crippen LogP contribution in [0.4, 0.5) is 5.82 Å². The monoisotopic (exact) mass is 381 g/mol. The molecule has 0 amide bonds. The lowest BCUT2D eigenvalue weighted by molar-refractivity contribution is 0.0774. The van der Waals surface area contributed by atoms with E-state index in [0.717, 1.165) is 41.6 Å². The fourth-order valence-corrected chi connectivity index (χ4v) is 3.59. The molecule has 2 atom stereocenters. The molecule has 1 aliphatic rings. The van der Waals surface area contributed by atoms with Crippen LogP contribution in [-0.4, -0.2) is 50.3 Å². The summed E-state index contributed by atoms with van der Waals surface area (Å²) >= 11 is 0. The fourth-order valence-electron chi connectivity index (χ4n) is 3.59. The first-order valence-electron chi connectivity index (χ1n) is 9.73. The van der Waals surface area contributed by atoms with Crippen molar-refractivity contribution in [1.82, 2.24) is 19.7 Å². The number of aromatic nitrogens is 3. The molecule has 4 heterocycles. The third kappa shape index (κ3) is 3.68. The Bertz CT molecular complexity index is 970. The Labute approximate surface area is 164 Å². The van der Waals surface area contributed by atoms with Crippen LogP contribution < -0.4 is 15.4 Å². The molecule has 1 saturated heterocycles. The van der Waals surface area contributed by atoms with Gasteiger partial charge in [-0.25, -0.2) is 9.97 Å². The van der Waals surface area contributed by atoms with E-state index in [0.29, 0.717) is 6.54 Å². The maximum Gasteiger partial charge on any atom is 0.140 e. The van der Waals surface area contributed by atoms with Crippen molar-refractivity contribution < 1.29 is 9.84 Å². The predicted octanol–water partition coefficient (Wildman–Crippen LogP) is 2.71. The van der Waals surface area contributed by atoms with E-state index in [1.807, 2.05) is 67.9 Å². The summed E-state index contributed by atoms with van der Waals surface area (Å²) in [4.78, 5) is 9.27. The molecule has 1 aliphatic heterocycles. The summed E-state index contributed by atoms with van der Waals surface area (Å²) < 4.78 is 7.75. The minimum Gasteiger partial charge on any atom is -0.491 e. The average molecular weight is 381 g/mol. The van der Waals surface area contributed by atoms with Crippen LogP contribution in [0.1, 0.15) is 27.2 Å². The number of nitrogens with zero attached hydrogens (tertiary/aromatic N) is 3. The number of aliphatic hydroxyl groups is 1. The summed E-state index contributed by atoms with van der Waals surface area (Å²) in [6.45, 7) is 7.54. The van der Waals surface area contributed by atoms with E-state index in [1.54, 1.807) is 0 Å². The molecule has 0 spiro atoms. The van der Waals surface area contributed by atoms with E-state index in [9.17, 15) is 5.11 Å². The van der Waals surface area contributed by atoms with Gasteiger partial charge in [-0.3, -0.25) is 4.40 Å². The molecule has 1 fully saturated rings. The minimum atomic E-state index is -0.452. The normalized spacial score (nSPS) is 22.5. The molecule has 0 aliphatic carbocycles. The van der Waals surface area contributed by atoms with Gasteiger partial charge >= 0.3 is 0 Å². The third-order valence-corrected chi connectivity index (χ3v) is 5.10. The van der Waals surface area contributed by atoms with Crippen LogP contribution in [0.5, 0.6) is 5.75 Å². The second kappa shape index (κ2) is 7.41. The molecule has 3 N–H and O–H groups in total. The van der Waals surface area contributed by atoms with Crippen LogP contribution in [0.2, 0.25) is 0 Å².